The first-order valence-electron chi connectivity index (χ1n) is 15.3. The summed E-state index contributed by atoms with van der Waals surface area (Å²) in [5.74, 6) is 0.584. The highest BCUT2D eigenvalue weighted by Gasteiger charge is 2.34. The van der Waals surface area contributed by atoms with Crippen molar-refractivity contribution in [3.05, 3.63) is 73.2 Å². The van der Waals surface area contributed by atoms with Gasteiger partial charge in [0.05, 0.1) is 18.8 Å². The van der Waals surface area contributed by atoms with Crippen molar-refractivity contribution in [3.63, 3.8) is 0 Å². The number of hydrogen-bond donors (Lipinski definition) is 0. The molecule has 5 aromatic rings. The number of fused-ring (bicyclic) bond motifs is 2. The van der Waals surface area contributed by atoms with E-state index in [9.17, 15) is 4.79 Å². The summed E-state index contributed by atoms with van der Waals surface area (Å²) in [5.41, 5.74) is 6.26. The van der Waals surface area contributed by atoms with Crippen LogP contribution in [0.1, 0.15) is 48.5 Å². The molecule has 1 aliphatic rings. The molecular formula is C35H42N6O3. The van der Waals surface area contributed by atoms with Crippen LogP contribution in [0.15, 0.2) is 73.2 Å². The van der Waals surface area contributed by atoms with Crippen LogP contribution in [0.4, 0.5) is 10.5 Å². The van der Waals surface area contributed by atoms with E-state index < -0.39 is 5.60 Å². The number of anilines is 1. The molecule has 0 aliphatic carbocycles. The molecule has 9 nitrogen and oxygen atoms in total. The van der Waals surface area contributed by atoms with Crippen molar-refractivity contribution < 1.29 is 14.3 Å². The first-order valence-corrected chi connectivity index (χ1v) is 15.3. The molecule has 9 heteroatoms. The van der Waals surface area contributed by atoms with Crippen LogP contribution in [-0.2, 0) is 4.74 Å². The van der Waals surface area contributed by atoms with Gasteiger partial charge in [-0.05, 0) is 70.0 Å². The van der Waals surface area contributed by atoms with Crippen LogP contribution in [0.2, 0.25) is 0 Å². The Morgan fingerprint density at radius 1 is 0.886 bits per heavy atom. The van der Waals surface area contributed by atoms with Crippen molar-refractivity contribution in [3.8, 4) is 28.1 Å². The molecular weight excluding hydrogens is 552 g/mol. The summed E-state index contributed by atoms with van der Waals surface area (Å²) in [4.78, 5) is 26.3. The second-order valence-corrected chi connectivity index (χ2v) is 11.9. The van der Waals surface area contributed by atoms with Gasteiger partial charge in [0.1, 0.15) is 5.60 Å². The lowest BCUT2D eigenvalue weighted by Crippen LogP contribution is -2.58. The Bertz CT molecular complexity index is 1750. The molecule has 1 saturated heterocycles. The van der Waals surface area contributed by atoms with Crippen molar-refractivity contribution in [1.29, 1.82) is 0 Å². The Kier molecular flexibility index (Phi) is 8.76. The summed E-state index contributed by atoms with van der Waals surface area (Å²) in [6, 6.07) is 18.7. The van der Waals surface area contributed by atoms with Gasteiger partial charge in [0.15, 0.2) is 5.65 Å². The summed E-state index contributed by atoms with van der Waals surface area (Å²) in [5, 5.41) is 5.65. The van der Waals surface area contributed by atoms with Gasteiger partial charge in [0.2, 0.25) is 5.88 Å². The Morgan fingerprint density at radius 2 is 1.59 bits per heavy atom. The highest BCUT2D eigenvalue weighted by molar-refractivity contribution is 5.98. The zero-order valence-electron chi connectivity index (χ0n) is 26.9. The number of piperazine rings is 1. The number of nitrogens with zero attached hydrogens (tertiary/aromatic N) is 6. The first kappa shape index (κ1) is 30.8. The predicted molar refractivity (Wildman–Crippen MR) is 176 cm³/mol. The Hall–Kier alpha value is -4.66. The average molecular weight is 595 g/mol. The molecule has 44 heavy (non-hydrogen) atoms. The van der Waals surface area contributed by atoms with Gasteiger partial charge in [-0.15, -0.1) is 0 Å². The van der Waals surface area contributed by atoms with Crippen LogP contribution in [0, 0.1) is 0 Å². The smallest absolute Gasteiger partial charge is 0.410 e. The number of rotatable bonds is 4. The average Bonchev–Trinajstić information content (AvgIpc) is 3.44. The lowest BCUT2D eigenvalue weighted by molar-refractivity contribution is 0.0193. The van der Waals surface area contributed by atoms with Crippen LogP contribution in [0.25, 0.3) is 38.8 Å². The molecule has 1 fully saturated rings. The van der Waals surface area contributed by atoms with Crippen molar-refractivity contribution in [2.24, 2.45) is 0 Å². The summed E-state index contributed by atoms with van der Waals surface area (Å²) in [7, 11) is 1.62. The van der Waals surface area contributed by atoms with Gasteiger partial charge in [0.25, 0.3) is 0 Å². The van der Waals surface area contributed by atoms with E-state index in [1.165, 1.54) is 0 Å². The second-order valence-electron chi connectivity index (χ2n) is 11.9. The normalized spacial score (nSPS) is 16.9. The van der Waals surface area contributed by atoms with Gasteiger partial charge in [-0.2, -0.15) is 5.10 Å². The van der Waals surface area contributed by atoms with E-state index in [1.54, 1.807) is 7.11 Å². The van der Waals surface area contributed by atoms with E-state index in [4.69, 9.17) is 14.5 Å². The van der Waals surface area contributed by atoms with Gasteiger partial charge in [-0.1, -0.05) is 38.1 Å². The molecule has 1 amide bonds. The molecule has 1 aliphatic heterocycles. The second kappa shape index (κ2) is 12.5. The standard InChI is InChI=1S/C33H36N6O3.C2H6/c1-21-18-37(32(40)42-33(3,4)5)19-22(2)39(21)25-12-10-23(11-13-25)24-16-34-31-28(17-35-38(31)20-24)26-8-7-9-29-27(26)14-15-30(36-29)41-6;1-2/h7-17,20-22H,18-19H2,1-6H3;1-2H3. The minimum atomic E-state index is -0.506. The van der Waals surface area contributed by atoms with E-state index in [0.717, 1.165) is 44.5 Å². The van der Waals surface area contributed by atoms with Gasteiger partial charge < -0.3 is 19.3 Å². The molecule has 0 saturated carbocycles. The Labute approximate surface area is 259 Å². The van der Waals surface area contributed by atoms with E-state index in [-0.39, 0.29) is 18.2 Å². The molecule has 3 aromatic heterocycles. The van der Waals surface area contributed by atoms with E-state index in [0.29, 0.717) is 19.0 Å². The fraction of sp³-hybridized carbons (Fsp3) is 0.371. The summed E-state index contributed by atoms with van der Waals surface area (Å²) in [6.45, 7) is 15.2. The van der Waals surface area contributed by atoms with Gasteiger partial charge in [-0.25, -0.2) is 19.3 Å². The number of carbonyl (C=O) groups excluding carboxylic acids is 1. The molecule has 230 valence electrons. The zero-order valence-corrected chi connectivity index (χ0v) is 26.9. The maximum absolute atomic E-state index is 12.7. The number of amides is 1. The zero-order chi connectivity index (χ0) is 31.6. The maximum Gasteiger partial charge on any atom is 0.410 e. The fourth-order valence-electron chi connectivity index (χ4n) is 5.83. The Balaban J connectivity index is 0.00000188. The van der Waals surface area contributed by atoms with Crippen molar-refractivity contribution in [1.82, 2.24) is 24.5 Å². The number of pyridine rings is 1. The quantitative estimate of drug-likeness (QED) is 0.213. The SMILES string of the molecule is CC.COc1ccc2c(-c3cnn4cc(-c5ccc(N6C(C)CN(C(=O)OC(C)(C)C)CC6C)cc5)cnc34)cccc2n1. The van der Waals surface area contributed by atoms with Gasteiger partial charge in [0, 0.05) is 65.8 Å². The van der Waals surface area contributed by atoms with Crippen LogP contribution >= 0.6 is 0 Å². The number of methoxy groups -OCH3 is 1. The molecule has 2 unspecified atom stereocenters. The van der Waals surface area contributed by atoms with Gasteiger partial charge in [-0.3, -0.25) is 0 Å². The van der Waals surface area contributed by atoms with Crippen molar-refractivity contribution >= 4 is 28.3 Å². The minimum Gasteiger partial charge on any atom is -0.481 e. The lowest BCUT2D eigenvalue weighted by Gasteiger charge is -2.45. The molecule has 2 atom stereocenters. The molecule has 2 aromatic carbocycles. The predicted octanol–water partition coefficient (Wildman–Crippen LogP) is 7.48. The van der Waals surface area contributed by atoms with E-state index in [1.807, 2.05) is 86.9 Å². The summed E-state index contributed by atoms with van der Waals surface area (Å²) in [6.07, 6.45) is 5.51. The number of carbonyl (C=O) groups is 1. The third kappa shape index (κ3) is 6.18. The minimum absolute atomic E-state index is 0.151. The monoisotopic (exact) mass is 594 g/mol. The largest absolute Gasteiger partial charge is 0.481 e. The highest BCUT2D eigenvalue weighted by Crippen LogP contribution is 2.33. The summed E-state index contributed by atoms with van der Waals surface area (Å²) < 4.78 is 12.7. The lowest BCUT2D eigenvalue weighted by atomic mass is 10.0. The van der Waals surface area contributed by atoms with Crippen LogP contribution in [-0.4, -0.2) is 68.5 Å². The molecule has 0 radical (unpaired) electrons. The summed E-state index contributed by atoms with van der Waals surface area (Å²) >= 11 is 0. The topological polar surface area (TPSA) is 85.1 Å². The van der Waals surface area contributed by atoms with E-state index >= 15 is 0 Å². The van der Waals surface area contributed by atoms with Crippen molar-refractivity contribution in [2.45, 2.75) is 66.2 Å². The van der Waals surface area contributed by atoms with Crippen LogP contribution < -0.4 is 9.64 Å². The Morgan fingerprint density at radius 3 is 2.25 bits per heavy atom. The van der Waals surface area contributed by atoms with Crippen molar-refractivity contribution in [2.75, 3.05) is 25.1 Å². The fourth-order valence-corrected chi connectivity index (χ4v) is 5.83. The third-order valence-corrected chi connectivity index (χ3v) is 7.63. The number of aromatic nitrogens is 4. The third-order valence-electron chi connectivity index (χ3n) is 7.63. The molecule has 6 rings (SSSR count). The first-order chi connectivity index (χ1) is 21.1. The van der Waals surface area contributed by atoms with Gasteiger partial charge >= 0.3 is 6.09 Å². The van der Waals surface area contributed by atoms with E-state index in [2.05, 4.69) is 59.2 Å². The number of benzene rings is 2. The highest BCUT2D eigenvalue weighted by atomic mass is 16.6. The molecule has 0 bridgehead atoms. The maximum atomic E-state index is 12.7. The molecule has 4 heterocycles. The van der Waals surface area contributed by atoms with Crippen LogP contribution in [0.5, 0.6) is 5.88 Å². The number of ether oxygens (including phenoxy) is 2. The number of hydrogen-bond acceptors (Lipinski definition) is 7. The van der Waals surface area contributed by atoms with Crippen LogP contribution in [0.3, 0.4) is 0 Å². The molecule has 0 spiro atoms. The molecule has 0 N–H and O–H groups in total.